The highest BCUT2D eigenvalue weighted by Crippen LogP contribution is 2.38. The fraction of sp³-hybridized carbons (Fsp3) is 0.0345. The van der Waals surface area contributed by atoms with Crippen molar-refractivity contribution < 1.29 is 0 Å². The maximum absolute atomic E-state index is 6.48. The van der Waals surface area contributed by atoms with Gasteiger partial charge in [0.2, 0.25) is 0 Å². The van der Waals surface area contributed by atoms with E-state index in [0.717, 1.165) is 40.0 Å². The zero-order valence-corrected chi connectivity index (χ0v) is 19.8. The lowest BCUT2D eigenvalue weighted by molar-refractivity contribution is 1.08. The van der Waals surface area contributed by atoms with Crippen LogP contribution in [0.15, 0.2) is 103 Å². The zero-order chi connectivity index (χ0) is 22.9. The van der Waals surface area contributed by atoms with E-state index in [0.29, 0.717) is 10.5 Å². The Hall–Kier alpha value is -3.73. The molecule has 6 aromatic rings. The minimum Gasteiger partial charge on any atom is -0.380 e. The van der Waals surface area contributed by atoms with Crippen molar-refractivity contribution in [3.8, 4) is 22.4 Å². The Labute approximate surface area is 206 Å². The largest absolute Gasteiger partial charge is 0.380 e. The number of hydrogen-bond acceptors (Lipinski definition) is 4. The van der Waals surface area contributed by atoms with Gasteiger partial charge in [-0.2, -0.15) is 0 Å². The lowest BCUT2D eigenvalue weighted by Crippen LogP contribution is -1.99. The van der Waals surface area contributed by atoms with Crippen LogP contribution < -0.4 is 5.32 Å². The summed E-state index contributed by atoms with van der Waals surface area (Å²) in [5.74, 6) is 0. The summed E-state index contributed by atoms with van der Waals surface area (Å²) in [7, 11) is 0. The van der Waals surface area contributed by atoms with Crippen LogP contribution in [-0.2, 0) is 6.54 Å². The van der Waals surface area contributed by atoms with E-state index in [4.69, 9.17) is 11.6 Å². The second kappa shape index (κ2) is 8.90. The number of nitrogens with one attached hydrogen (secondary N) is 1. The highest BCUT2D eigenvalue weighted by atomic mass is 35.5. The molecule has 2 aromatic heterocycles. The molecule has 3 nitrogen and oxygen atoms in total. The first kappa shape index (κ1) is 20.8. The van der Waals surface area contributed by atoms with Gasteiger partial charge in [0.1, 0.15) is 11.2 Å². The number of thiophene rings is 1. The number of aromatic nitrogens is 2. The van der Waals surface area contributed by atoms with Gasteiger partial charge in [-0.1, -0.05) is 84.4 Å². The average Bonchev–Trinajstić information content (AvgIpc) is 3.31. The molecule has 0 fully saturated rings. The topological polar surface area (TPSA) is 37.8 Å². The summed E-state index contributed by atoms with van der Waals surface area (Å²) in [6.45, 7) is 0.773. The Balaban J connectivity index is 1.42. The maximum Gasteiger partial charge on any atom is 0.112 e. The quantitative estimate of drug-likeness (QED) is 0.270. The van der Waals surface area contributed by atoms with E-state index in [1.807, 2.05) is 41.7 Å². The van der Waals surface area contributed by atoms with Crippen LogP contribution >= 0.6 is 22.9 Å². The molecule has 0 unspecified atom stereocenters. The SMILES string of the molecule is Clc1cccc2c(-c3cccc(NCc4cc5ccccc5s4)c3)c(-c3ccccc3)nnc12. The maximum atomic E-state index is 6.48. The minimum atomic E-state index is 0.602. The molecule has 0 aliphatic rings. The molecule has 0 aliphatic heterocycles. The minimum absolute atomic E-state index is 0.602. The summed E-state index contributed by atoms with van der Waals surface area (Å²) in [4.78, 5) is 1.30. The van der Waals surface area contributed by atoms with Crippen LogP contribution in [0.5, 0.6) is 0 Å². The van der Waals surface area contributed by atoms with E-state index in [-0.39, 0.29) is 0 Å². The standard InChI is InChI=1S/C29H20ClN3S/c30-25-14-7-13-24-27(28(32-33-29(24)25)19-8-2-1-3-9-19)21-11-6-12-22(16-21)31-18-23-17-20-10-4-5-15-26(20)34-23/h1-17,31H,18H2. The Morgan fingerprint density at radius 2 is 1.53 bits per heavy atom. The molecule has 0 radical (unpaired) electrons. The third-order valence-electron chi connectivity index (χ3n) is 5.88. The highest BCUT2D eigenvalue weighted by molar-refractivity contribution is 7.19. The lowest BCUT2D eigenvalue weighted by Gasteiger charge is -2.14. The predicted molar refractivity (Wildman–Crippen MR) is 145 cm³/mol. The smallest absolute Gasteiger partial charge is 0.112 e. The van der Waals surface area contributed by atoms with Gasteiger partial charge in [-0.3, -0.25) is 0 Å². The normalized spacial score (nSPS) is 11.2. The Morgan fingerprint density at radius 3 is 2.41 bits per heavy atom. The number of hydrogen-bond donors (Lipinski definition) is 1. The molecule has 0 atom stereocenters. The van der Waals surface area contributed by atoms with Crippen molar-refractivity contribution in [1.29, 1.82) is 0 Å². The molecule has 2 heterocycles. The lowest BCUT2D eigenvalue weighted by atomic mass is 9.95. The predicted octanol–water partition coefficient (Wildman–Crippen LogP) is 8.44. The third kappa shape index (κ3) is 3.92. The molecule has 164 valence electrons. The number of nitrogens with zero attached hydrogens (tertiary/aromatic N) is 2. The van der Waals surface area contributed by atoms with Gasteiger partial charge in [-0.05, 0) is 41.3 Å². The first-order valence-corrected chi connectivity index (χ1v) is 12.3. The van der Waals surface area contributed by atoms with Gasteiger partial charge < -0.3 is 5.32 Å². The second-order valence-corrected chi connectivity index (χ2v) is 9.69. The van der Waals surface area contributed by atoms with Gasteiger partial charge in [0, 0.05) is 38.3 Å². The van der Waals surface area contributed by atoms with Crippen molar-refractivity contribution in [2.75, 3.05) is 5.32 Å². The van der Waals surface area contributed by atoms with E-state index in [1.54, 1.807) is 0 Å². The van der Waals surface area contributed by atoms with E-state index >= 15 is 0 Å². The fourth-order valence-electron chi connectivity index (χ4n) is 4.28. The Kier molecular flexibility index (Phi) is 5.46. The molecule has 0 bridgehead atoms. The van der Waals surface area contributed by atoms with Crippen molar-refractivity contribution in [2.24, 2.45) is 0 Å². The third-order valence-corrected chi connectivity index (χ3v) is 7.31. The van der Waals surface area contributed by atoms with Crippen LogP contribution in [0.4, 0.5) is 5.69 Å². The molecular formula is C29H20ClN3S. The highest BCUT2D eigenvalue weighted by Gasteiger charge is 2.16. The molecule has 0 aliphatic carbocycles. The van der Waals surface area contributed by atoms with Crippen LogP contribution in [0, 0.1) is 0 Å². The molecule has 0 saturated heterocycles. The fourth-order valence-corrected chi connectivity index (χ4v) is 5.50. The van der Waals surface area contributed by atoms with Gasteiger partial charge in [0.15, 0.2) is 0 Å². The van der Waals surface area contributed by atoms with E-state index in [1.165, 1.54) is 15.0 Å². The van der Waals surface area contributed by atoms with Crippen molar-refractivity contribution in [3.63, 3.8) is 0 Å². The number of benzene rings is 4. The monoisotopic (exact) mass is 477 g/mol. The first-order chi connectivity index (χ1) is 16.8. The molecule has 34 heavy (non-hydrogen) atoms. The average molecular weight is 478 g/mol. The van der Waals surface area contributed by atoms with E-state index in [9.17, 15) is 0 Å². The van der Waals surface area contributed by atoms with Crippen LogP contribution in [0.25, 0.3) is 43.4 Å². The number of halogens is 1. The van der Waals surface area contributed by atoms with Crippen LogP contribution in [0.1, 0.15) is 4.88 Å². The first-order valence-electron chi connectivity index (χ1n) is 11.1. The van der Waals surface area contributed by atoms with Crippen molar-refractivity contribution in [1.82, 2.24) is 10.2 Å². The molecule has 6 rings (SSSR count). The van der Waals surface area contributed by atoms with Gasteiger partial charge in [0.05, 0.1) is 5.02 Å². The zero-order valence-electron chi connectivity index (χ0n) is 18.2. The van der Waals surface area contributed by atoms with Gasteiger partial charge >= 0.3 is 0 Å². The van der Waals surface area contributed by atoms with Gasteiger partial charge in [0.25, 0.3) is 0 Å². The molecule has 5 heteroatoms. The number of fused-ring (bicyclic) bond motifs is 2. The molecular weight excluding hydrogens is 458 g/mol. The van der Waals surface area contributed by atoms with E-state index < -0.39 is 0 Å². The molecule has 4 aromatic carbocycles. The molecule has 0 amide bonds. The van der Waals surface area contributed by atoms with Crippen LogP contribution in [0.3, 0.4) is 0 Å². The van der Waals surface area contributed by atoms with Crippen molar-refractivity contribution in [2.45, 2.75) is 6.54 Å². The summed E-state index contributed by atoms with van der Waals surface area (Å²) >= 11 is 8.31. The molecule has 0 spiro atoms. The van der Waals surface area contributed by atoms with E-state index in [2.05, 4.69) is 88.3 Å². The van der Waals surface area contributed by atoms with Crippen LogP contribution in [0.2, 0.25) is 5.02 Å². The molecule has 1 N–H and O–H groups in total. The number of anilines is 1. The Morgan fingerprint density at radius 1 is 0.735 bits per heavy atom. The number of rotatable bonds is 5. The molecule has 0 saturated carbocycles. The van der Waals surface area contributed by atoms with Gasteiger partial charge in [-0.15, -0.1) is 21.5 Å². The van der Waals surface area contributed by atoms with Crippen molar-refractivity contribution in [3.05, 3.63) is 113 Å². The van der Waals surface area contributed by atoms with Crippen molar-refractivity contribution >= 4 is 49.6 Å². The summed E-state index contributed by atoms with van der Waals surface area (Å²) in [6, 6.07) is 35.3. The summed E-state index contributed by atoms with van der Waals surface area (Å²) in [5.41, 5.74) is 5.74. The summed E-state index contributed by atoms with van der Waals surface area (Å²) < 4.78 is 1.31. The summed E-state index contributed by atoms with van der Waals surface area (Å²) in [6.07, 6.45) is 0. The second-order valence-electron chi connectivity index (χ2n) is 8.11. The summed E-state index contributed by atoms with van der Waals surface area (Å²) in [5, 5.41) is 15.6. The van der Waals surface area contributed by atoms with Gasteiger partial charge in [-0.25, -0.2) is 0 Å². The van der Waals surface area contributed by atoms with Crippen LogP contribution in [-0.4, -0.2) is 10.2 Å². The Bertz CT molecular complexity index is 1590.